The predicted molar refractivity (Wildman–Crippen MR) is 106 cm³/mol. The quantitative estimate of drug-likeness (QED) is 0.427. The van der Waals surface area contributed by atoms with Gasteiger partial charge in [-0.25, -0.2) is 9.88 Å². The van der Waals surface area contributed by atoms with E-state index in [1.165, 1.54) is 16.2 Å². The van der Waals surface area contributed by atoms with Crippen LogP contribution in [0.2, 0.25) is 0 Å². The fourth-order valence-corrected chi connectivity index (χ4v) is 7.05. The molecule has 0 unspecified atom stereocenters. The van der Waals surface area contributed by atoms with Crippen molar-refractivity contribution in [2.45, 2.75) is 10.2 Å². The Morgan fingerprint density at radius 3 is 2.19 bits per heavy atom. The van der Waals surface area contributed by atoms with Crippen LogP contribution >= 0.6 is 27.3 Å². The van der Waals surface area contributed by atoms with E-state index in [0.29, 0.717) is 5.13 Å². The van der Waals surface area contributed by atoms with Crippen molar-refractivity contribution in [1.82, 2.24) is 4.98 Å². The van der Waals surface area contributed by atoms with Crippen molar-refractivity contribution in [1.29, 1.82) is 0 Å². The number of hydrogen-bond donors (Lipinski definition) is 0. The van der Waals surface area contributed by atoms with Crippen molar-refractivity contribution in [2.75, 3.05) is 4.90 Å². The maximum Gasteiger partial charge on any atom is 0.241 e. The van der Waals surface area contributed by atoms with E-state index in [9.17, 15) is 9.59 Å². The van der Waals surface area contributed by atoms with Gasteiger partial charge in [0.2, 0.25) is 11.8 Å². The molecule has 0 radical (unpaired) electrons. The summed E-state index contributed by atoms with van der Waals surface area (Å²) in [5.41, 5.74) is 4.46. The first-order chi connectivity index (χ1) is 13.1. The number of thiazole rings is 1. The number of hydrogen-bond acceptors (Lipinski definition) is 4. The molecule has 3 aliphatic carbocycles. The lowest BCUT2D eigenvalue weighted by Crippen LogP contribution is -2.50. The molecule has 27 heavy (non-hydrogen) atoms. The van der Waals surface area contributed by atoms with Crippen molar-refractivity contribution >= 4 is 44.2 Å². The molecule has 4 nitrogen and oxygen atoms in total. The summed E-state index contributed by atoms with van der Waals surface area (Å²) in [5.74, 6) is -1.29. The maximum atomic E-state index is 13.5. The number of imide groups is 1. The van der Waals surface area contributed by atoms with Crippen molar-refractivity contribution in [3.63, 3.8) is 0 Å². The number of anilines is 1. The van der Waals surface area contributed by atoms with Crippen LogP contribution in [-0.4, -0.2) is 16.8 Å². The first-order valence-corrected chi connectivity index (χ1v) is 10.5. The van der Waals surface area contributed by atoms with Crippen molar-refractivity contribution in [3.05, 3.63) is 82.4 Å². The lowest BCUT2D eigenvalue weighted by molar-refractivity contribution is -0.122. The lowest BCUT2D eigenvalue weighted by Gasteiger charge is -2.51. The molecule has 1 aromatic heterocycles. The number of amides is 2. The van der Waals surface area contributed by atoms with E-state index in [0.717, 1.165) is 22.3 Å². The molecule has 4 aliphatic rings. The molecule has 2 bridgehead atoms. The van der Waals surface area contributed by atoms with Gasteiger partial charge in [-0.3, -0.25) is 9.59 Å². The molecule has 1 saturated heterocycles. The minimum atomic E-state index is -0.696. The summed E-state index contributed by atoms with van der Waals surface area (Å²) in [7, 11) is 0. The highest BCUT2D eigenvalue weighted by Crippen LogP contribution is 2.66. The second-order valence-corrected chi connectivity index (χ2v) is 9.32. The monoisotopic (exact) mass is 436 g/mol. The highest BCUT2D eigenvalue weighted by molar-refractivity contribution is 9.09. The molecule has 2 aromatic carbocycles. The Labute approximate surface area is 168 Å². The van der Waals surface area contributed by atoms with Gasteiger partial charge in [-0.15, -0.1) is 11.3 Å². The van der Waals surface area contributed by atoms with Crippen LogP contribution < -0.4 is 4.90 Å². The van der Waals surface area contributed by atoms with Gasteiger partial charge in [0, 0.05) is 17.5 Å². The zero-order chi connectivity index (χ0) is 18.3. The number of alkyl halides is 1. The first-order valence-electron chi connectivity index (χ1n) is 8.79. The van der Waals surface area contributed by atoms with Crippen LogP contribution in [0.4, 0.5) is 5.13 Å². The number of nitrogens with zero attached hydrogens (tertiary/aromatic N) is 2. The largest absolute Gasteiger partial charge is 0.274 e. The van der Waals surface area contributed by atoms with Gasteiger partial charge < -0.3 is 0 Å². The average Bonchev–Trinajstić information content (AvgIpc) is 3.30. The summed E-state index contributed by atoms with van der Waals surface area (Å²) in [6.45, 7) is 0. The Balaban J connectivity index is 1.66. The Kier molecular flexibility index (Phi) is 3.00. The molecule has 0 N–H and O–H groups in total. The second kappa shape index (κ2) is 5.14. The number of halogens is 1. The predicted octanol–water partition coefficient (Wildman–Crippen LogP) is 4.05. The van der Waals surface area contributed by atoms with Crippen LogP contribution in [0.25, 0.3) is 0 Å². The molecule has 1 aliphatic heterocycles. The van der Waals surface area contributed by atoms with E-state index in [-0.39, 0.29) is 17.7 Å². The zero-order valence-electron chi connectivity index (χ0n) is 14.0. The van der Waals surface area contributed by atoms with E-state index in [1.54, 1.807) is 11.6 Å². The van der Waals surface area contributed by atoms with Gasteiger partial charge in [-0.1, -0.05) is 64.5 Å². The van der Waals surface area contributed by atoms with Crippen LogP contribution in [0.3, 0.4) is 0 Å². The fraction of sp³-hybridized carbons (Fsp3) is 0.190. The third-order valence-corrected chi connectivity index (χ3v) is 8.23. The van der Waals surface area contributed by atoms with E-state index in [2.05, 4.69) is 45.2 Å². The van der Waals surface area contributed by atoms with Gasteiger partial charge in [-0.2, -0.15) is 0 Å². The third-order valence-electron chi connectivity index (χ3n) is 6.12. The summed E-state index contributed by atoms with van der Waals surface area (Å²) in [5, 5.41) is 2.25. The molecule has 2 amide bonds. The molecular weight excluding hydrogens is 424 g/mol. The van der Waals surface area contributed by atoms with Gasteiger partial charge in [-0.05, 0) is 22.3 Å². The standard InChI is InChI=1S/C21H13BrN2O2S/c22-21-13-7-3-1-5-11(13)15(12-6-2-4-8-14(12)21)16-17(21)19(26)24(18(16)25)20-23-9-10-27-20/h1-10,15-17H/t15?,16-,17+,21?/m1/s1. The number of aromatic nitrogens is 1. The highest BCUT2D eigenvalue weighted by atomic mass is 79.9. The minimum Gasteiger partial charge on any atom is -0.274 e. The van der Waals surface area contributed by atoms with Crippen molar-refractivity contribution in [3.8, 4) is 0 Å². The molecule has 2 atom stereocenters. The van der Waals surface area contributed by atoms with Crippen LogP contribution in [0.1, 0.15) is 28.2 Å². The molecule has 0 spiro atoms. The molecule has 1 fully saturated rings. The van der Waals surface area contributed by atoms with Crippen LogP contribution in [0, 0.1) is 11.8 Å². The molecule has 7 rings (SSSR count). The average molecular weight is 437 g/mol. The minimum absolute atomic E-state index is 0.108. The summed E-state index contributed by atoms with van der Waals surface area (Å²) in [4.78, 5) is 32.5. The van der Waals surface area contributed by atoms with Crippen LogP contribution in [0.5, 0.6) is 0 Å². The maximum absolute atomic E-state index is 13.5. The van der Waals surface area contributed by atoms with Gasteiger partial charge in [0.05, 0.1) is 16.2 Å². The molecule has 0 saturated carbocycles. The van der Waals surface area contributed by atoms with Crippen molar-refractivity contribution < 1.29 is 9.59 Å². The molecule has 3 aromatic rings. The van der Waals surface area contributed by atoms with Gasteiger partial charge >= 0.3 is 0 Å². The summed E-state index contributed by atoms with van der Waals surface area (Å²) in [6.07, 6.45) is 1.63. The summed E-state index contributed by atoms with van der Waals surface area (Å²) >= 11 is 5.30. The Morgan fingerprint density at radius 1 is 0.963 bits per heavy atom. The molecule has 2 heterocycles. The molecular formula is C21H13BrN2O2S. The smallest absolute Gasteiger partial charge is 0.241 e. The zero-order valence-corrected chi connectivity index (χ0v) is 16.4. The number of carbonyl (C=O) groups excluding carboxylic acids is 2. The van der Waals surface area contributed by atoms with Gasteiger partial charge in [0.1, 0.15) is 0 Å². The van der Waals surface area contributed by atoms with Crippen molar-refractivity contribution in [2.24, 2.45) is 11.8 Å². The van der Waals surface area contributed by atoms with Crippen LogP contribution in [-0.2, 0) is 13.9 Å². The highest BCUT2D eigenvalue weighted by Gasteiger charge is 2.67. The Bertz CT molecular complexity index is 1080. The number of rotatable bonds is 1. The SMILES string of the molecule is O=C1[C@@H]2C3c4ccccc4C(Br)(c4ccccc43)[C@@H]2C(=O)N1c1nccs1. The van der Waals surface area contributed by atoms with Gasteiger partial charge in [0.15, 0.2) is 5.13 Å². The van der Waals surface area contributed by atoms with E-state index >= 15 is 0 Å². The first kappa shape index (κ1) is 15.7. The lowest BCUT2D eigenvalue weighted by atomic mass is 9.55. The summed E-state index contributed by atoms with van der Waals surface area (Å²) < 4.78 is -0.696. The normalized spacial score (nSPS) is 30.3. The van der Waals surface area contributed by atoms with E-state index in [1.807, 2.05) is 24.3 Å². The van der Waals surface area contributed by atoms with Crippen LogP contribution in [0.15, 0.2) is 60.1 Å². The summed E-state index contributed by atoms with van der Waals surface area (Å²) in [6, 6.07) is 16.3. The van der Waals surface area contributed by atoms with E-state index in [4.69, 9.17) is 0 Å². The third kappa shape index (κ3) is 1.71. The Morgan fingerprint density at radius 2 is 1.59 bits per heavy atom. The second-order valence-electron chi connectivity index (χ2n) is 7.19. The van der Waals surface area contributed by atoms with Gasteiger partial charge in [0.25, 0.3) is 0 Å². The topological polar surface area (TPSA) is 50.3 Å². The molecule has 6 heteroatoms. The fourth-order valence-electron chi connectivity index (χ4n) is 5.19. The molecule has 132 valence electrons. The number of benzene rings is 2. The van der Waals surface area contributed by atoms with E-state index < -0.39 is 16.2 Å². The number of carbonyl (C=O) groups is 2. The Hall–Kier alpha value is -2.31.